The van der Waals surface area contributed by atoms with Gasteiger partial charge in [-0.05, 0) is 12.5 Å². The molecule has 1 aromatic carbocycles. The van der Waals surface area contributed by atoms with E-state index < -0.39 is 6.04 Å². The zero-order valence-corrected chi connectivity index (χ0v) is 9.94. The summed E-state index contributed by atoms with van der Waals surface area (Å²) in [6.07, 6.45) is 0.192. The van der Waals surface area contributed by atoms with Crippen LogP contribution in [0.2, 0.25) is 0 Å². The lowest BCUT2D eigenvalue weighted by molar-refractivity contribution is -0.121. The van der Waals surface area contributed by atoms with Crippen LogP contribution in [0.5, 0.6) is 0 Å². The molecular formula is C13H17N3O. The van der Waals surface area contributed by atoms with Crippen molar-refractivity contribution in [3.63, 3.8) is 0 Å². The van der Waals surface area contributed by atoms with Crippen molar-refractivity contribution < 1.29 is 4.79 Å². The predicted molar refractivity (Wildman–Crippen MR) is 66.0 cm³/mol. The Kier molecular flexibility index (Phi) is 5.76. The fourth-order valence-electron chi connectivity index (χ4n) is 1.46. The first-order valence-corrected chi connectivity index (χ1v) is 5.70. The van der Waals surface area contributed by atoms with Crippen molar-refractivity contribution in [1.29, 1.82) is 5.26 Å². The number of hydrogen-bond acceptors (Lipinski definition) is 3. The lowest BCUT2D eigenvalue weighted by Crippen LogP contribution is -2.34. The molecule has 1 unspecified atom stereocenters. The van der Waals surface area contributed by atoms with Crippen LogP contribution in [-0.4, -0.2) is 18.5 Å². The highest BCUT2D eigenvalue weighted by Gasteiger charge is 2.11. The summed E-state index contributed by atoms with van der Waals surface area (Å²) >= 11 is 0. The Morgan fingerprint density at radius 2 is 2.12 bits per heavy atom. The number of benzene rings is 1. The molecule has 0 fully saturated rings. The van der Waals surface area contributed by atoms with Gasteiger partial charge in [0.1, 0.15) is 6.04 Å². The third-order valence-electron chi connectivity index (χ3n) is 2.31. The maximum atomic E-state index is 11.3. The van der Waals surface area contributed by atoms with Crippen molar-refractivity contribution >= 4 is 5.91 Å². The summed E-state index contributed by atoms with van der Waals surface area (Å²) in [5.74, 6) is -0.0976. The Bertz CT molecular complexity index is 383. The van der Waals surface area contributed by atoms with Gasteiger partial charge in [0, 0.05) is 13.1 Å². The predicted octanol–water partition coefficient (Wildman–Crippen LogP) is 1.19. The third kappa shape index (κ3) is 5.14. The summed E-state index contributed by atoms with van der Waals surface area (Å²) in [6.45, 7) is 3.05. The highest BCUT2D eigenvalue weighted by Crippen LogP contribution is 1.99. The van der Waals surface area contributed by atoms with Gasteiger partial charge < -0.3 is 5.32 Å². The van der Waals surface area contributed by atoms with Gasteiger partial charge >= 0.3 is 0 Å². The molecule has 1 atom stereocenters. The minimum absolute atomic E-state index is 0.0976. The number of nitrogens with one attached hydrogen (secondary N) is 2. The Hall–Kier alpha value is -1.86. The first kappa shape index (κ1) is 13.2. The topological polar surface area (TPSA) is 64.9 Å². The summed E-state index contributed by atoms with van der Waals surface area (Å²) in [7, 11) is 0. The third-order valence-corrected chi connectivity index (χ3v) is 2.31. The molecule has 0 aliphatic heterocycles. The molecule has 1 rings (SSSR count). The van der Waals surface area contributed by atoms with Crippen LogP contribution in [-0.2, 0) is 11.3 Å². The van der Waals surface area contributed by atoms with Gasteiger partial charge in [-0.3, -0.25) is 10.1 Å². The zero-order chi connectivity index (χ0) is 12.5. The van der Waals surface area contributed by atoms with Crippen LogP contribution >= 0.6 is 0 Å². The molecule has 0 spiro atoms. The van der Waals surface area contributed by atoms with E-state index in [1.54, 1.807) is 0 Å². The SMILES string of the molecule is CCNC(=O)CC(C#N)NCc1ccccc1. The second-order valence-electron chi connectivity index (χ2n) is 3.71. The molecule has 2 N–H and O–H groups in total. The maximum Gasteiger partial charge on any atom is 0.222 e. The van der Waals surface area contributed by atoms with E-state index in [1.807, 2.05) is 37.3 Å². The number of rotatable bonds is 6. The van der Waals surface area contributed by atoms with E-state index in [1.165, 1.54) is 0 Å². The van der Waals surface area contributed by atoms with Crippen molar-refractivity contribution in [3.8, 4) is 6.07 Å². The molecule has 0 aliphatic rings. The number of carbonyl (C=O) groups is 1. The van der Waals surface area contributed by atoms with Crippen LogP contribution in [0, 0.1) is 11.3 Å². The smallest absolute Gasteiger partial charge is 0.222 e. The Balaban J connectivity index is 2.38. The van der Waals surface area contributed by atoms with Gasteiger partial charge in [0.25, 0.3) is 0 Å². The molecule has 0 saturated carbocycles. The van der Waals surface area contributed by atoms with Gasteiger partial charge in [0.05, 0.1) is 12.5 Å². The summed E-state index contributed by atoms with van der Waals surface area (Å²) in [6, 6.07) is 11.4. The molecule has 0 aromatic heterocycles. The van der Waals surface area contributed by atoms with Crippen LogP contribution in [0.25, 0.3) is 0 Å². The molecule has 1 amide bonds. The lowest BCUT2D eigenvalue weighted by Gasteiger charge is -2.11. The second-order valence-corrected chi connectivity index (χ2v) is 3.71. The van der Waals surface area contributed by atoms with Gasteiger partial charge in [-0.15, -0.1) is 0 Å². The molecule has 0 bridgehead atoms. The summed E-state index contributed by atoms with van der Waals surface area (Å²) < 4.78 is 0. The van der Waals surface area contributed by atoms with E-state index >= 15 is 0 Å². The number of hydrogen-bond donors (Lipinski definition) is 2. The van der Waals surface area contributed by atoms with Gasteiger partial charge in [-0.1, -0.05) is 30.3 Å². The van der Waals surface area contributed by atoms with Gasteiger partial charge in [0.2, 0.25) is 5.91 Å². The van der Waals surface area contributed by atoms with Crippen LogP contribution < -0.4 is 10.6 Å². The van der Waals surface area contributed by atoms with E-state index in [-0.39, 0.29) is 12.3 Å². The number of nitriles is 1. The van der Waals surface area contributed by atoms with Crippen molar-refractivity contribution in [2.75, 3.05) is 6.54 Å². The molecule has 4 nitrogen and oxygen atoms in total. The first-order valence-electron chi connectivity index (χ1n) is 5.70. The zero-order valence-electron chi connectivity index (χ0n) is 9.94. The minimum atomic E-state index is -0.443. The van der Waals surface area contributed by atoms with Crippen LogP contribution in [0.3, 0.4) is 0 Å². The number of nitrogens with zero attached hydrogens (tertiary/aromatic N) is 1. The molecule has 90 valence electrons. The van der Waals surface area contributed by atoms with Crippen molar-refractivity contribution in [2.24, 2.45) is 0 Å². The Morgan fingerprint density at radius 3 is 2.71 bits per heavy atom. The molecule has 1 aromatic rings. The fraction of sp³-hybridized carbons (Fsp3) is 0.385. The average Bonchev–Trinajstić information content (AvgIpc) is 2.36. The second kappa shape index (κ2) is 7.42. The largest absolute Gasteiger partial charge is 0.356 e. The van der Waals surface area contributed by atoms with Crippen LogP contribution in [0.15, 0.2) is 30.3 Å². The molecule has 0 heterocycles. The molecule has 4 heteroatoms. The van der Waals surface area contributed by atoms with E-state index in [2.05, 4.69) is 16.7 Å². The highest BCUT2D eigenvalue weighted by atomic mass is 16.1. The molecule has 0 saturated heterocycles. The van der Waals surface area contributed by atoms with Crippen molar-refractivity contribution in [1.82, 2.24) is 10.6 Å². The summed E-state index contributed by atoms with van der Waals surface area (Å²) in [5, 5.41) is 14.7. The van der Waals surface area contributed by atoms with Crippen molar-refractivity contribution in [2.45, 2.75) is 25.9 Å². The van der Waals surface area contributed by atoms with Crippen molar-refractivity contribution in [3.05, 3.63) is 35.9 Å². The minimum Gasteiger partial charge on any atom is -0.356 e. The van der Waals surface area contributed by atoms with E-state index in [4.69, 9.17) is 5.26 Å². The average molecular weight is 231 g/mol. The van der Waals surface area contributed by atoms with Crippen LogP contribution in [0.1, 0.15) is 18.9 Å². The van der Waals surface area contributed by atoms with Crippen LogP contribution in [0.4, 0.5) is 0 Å². The quantitative estimate of drug-likeness (QED) is 0.773. The maximum absolute atomic E-state index is 11.3. The molecular weight excluding hydrogens is 214 g/mol. The fourth-order valence-corrected chi connectivity index (χ4v) is 1.46. The molecule has 0 radical (unpaired) electrons. The summed E-state index contributed by atoms with van der Waals surface area (Å²) in [5.41, 5.74) is 1.10. The first-order chi connectivity index (χ1) is 8.26. The Morgan fingerprint density at radius 1 is 1.41 bits per heavy atom. The van der Waals surface area contributed by atoms with E-state index in [0.29, 0.717) is 13.1 Å². The van der Waals surface area contributed by atoms with Gasteiger partial charge in [-0.25, -0.2) is 0 Å². The lowest BCUT2D eigenvalue weighted by atomic mass is 10.2. The summed E-state index contributed by atoms with van der Waals surface area (Å²) in [4.78, 5) is 11.3. The monoisotopic (exact) mass is 231 g/mol. The number of amides is 1. The Labute approximate surface area is 102 Å². The van der Waals surface area contributed by atoms with Gasteiger partial charge in [0.15, 0.2) is 0 Å². The highest BCUT2D eigenvalue weighted by molar-refractivity contribution is 5.76. The van der Waals surface area contributed by atoms with Gasteiger partial charge in [-0.2, -0.15) is 5.26 Å². The molecule has 17 heavy (non-hydrogen) atoms. The standard InChI is InChI=1S/C13H17N3O/c1-2-15-13(17)8-12(9-14)16-10-11-6-4-3-5-7-11/h3-7,12,16H,2,8,10H2,1H3,(H,15,17). The normalized spacial score (nSPS) is 11.5. The van der Waals surface area contributed by atoms with E-state index in [9.17, 15) is 4.79 Å². The van der Waals surface area contributed by atoms with E-state index in [0.717, 1.165) is 5.56 Å². The molecule has 0 aliphatic carbocycles. The number of carbonyl (C=O) groups excluding carboxylic acids is 1.